The van der Waals surface area contributed by atoms with Crippen molar-refractivity contribution in [1.29, 1.82) is 0 Å². The lowest BCUT2D eigenvalue weighted by molar-refractivity contribution is 0.00578. The molecule has 2 heterocycles. The van der Waals surface area contributed by atoms with Crippen molar-refractivity contribution in [1.82, 2.24) is 4.98 Å². The van der Waals surface area contributed by atoms with Crippen molar-refractivity contribution in [3.05, 3.63) is 10.9 Å². The Kier molecular flexibility index (Phi) is 2.21. The fraction of sp³-hybridized carbons (Fsp3) is 0.667. The maximum absolute atomic E-state index is 5.83. The first-order valence-corrected chi connectivity index (χ1v) is 5.60. The Morgan fingerprint density at radius 2 is 1.79 bits per heavy atom. The summed E-state index contributed by atoms with van der Waals surface area (Å²) in [6.45, 7) is 8.16. The Hall–Kier alpha value is -0.385. The summed E-state index contributed by atoms with van der Waals surface area (Å²) in [5, 5.41) is 1.96. The fourth-order valence-corrected chi connectivity index (χ4v) is 1.86. The molecule has 1 saturated heterocycles. The second-order valence-electron chi connectivity index (χ2n) is 4.50. The van der Waals surface area contributed by atoms with Crippen LogP contribution in [-0.2, 0) is 9.31 Å². The first kappa shape index (κ1) is 10.1. The summed E-state index contributed by atoms with van der Waals surface area (Å²) in [5.41, 5.74) is 2.11. The van der Waals surface area contributed by atoms with Crippen molar-refractivity contribution in [2.75, 3.05) is 0 Å². The fourth-order valence-electron chi connectivity index (χ4n) is 1.30. The number of hydrogen-bond donors (Lipinski definition) is 0. The maximum Gasteiger partial charge on any atom is 0.515 e. The molecule has 1 fully saturated rings. The summed E-state index contributed by atoms with van der Waals surface area (Å²) < 4.78 is 11.7. The van der Waals surface area contributed by atoms with E-state index < -0.39 is 0 Å². The minimum Gasteiger partial charge on any atom is -0.398 e. The number of thiazole rings is 1. The molecular formula is C9H14BNO2S. The second kappa shape index (κ2) is 3.05. The number of rotatable bonds is 1. The summed E-state index contributed by atoms with van der Waals surface area (Å²) in [7, 11) is -0.314. The van der Waals surface area contributed by atoms with E-state index in [1.807, 2.05) is 33.1 Å². The first-order valence-electron chi connectivity index (χ1n) is 4.66. The lowest BCUT2D eigenvalue weighted by Gasteiger charge is -2.32. The third-order valence-electron chi connectivity index (χ3n) is 2.95. The minimum absolute atomic E-state index is 0.277. The average Bonchev–Trinajstić information content (AvgIpc) is 2.58. The van der Waals surface area contributed by atoms with Gasteiger partial charge in [-0.25, -0.2) is 0 Å². The summed E-state index contributed by atoms with van der Waals surface area (Å²) in [5.74, 6) is 0. The third-order valence-corrected chi connectivity index (χ3v) is 3.55. The quantitative estimate of drug-likeness (QED) is 0.658. The lowest BCUT2D eigenvalue weighted by Crippen LogP contribution is -2.41. The highest BCUT2D eigenvalue weighted by Crippen LogP contribution is 2.36. The van der Waals surface area contributed by atoms with Crippen LogP contribution in [0.25, 0.3) is 0 Å². The summed E-state index contributed by atoms with van der Waals surface area (Å²) >= 11 is 1.56. The van der Waals surface area contributed by atoms with Crippen molar-refractivity contribution < 1.29 is 9.31 Å². The Morgan fingerprint density at radius 1 is 1.21 bits per heavy atom. The van der Waals surface area contributed by atoms with E-state index in [0.29, 0.717) is 0 Å². The highest BCUT2D eigenvalue weighted by atomic mass is 32.1. The predicted molar refractivity (Wildman–Crippen MR) is 57.8 cm³/mol. The Labute approximate surface area is 88.6 Å². The monoisotopic (exact) mass is 211 g/mol. The second-order valence-corrected chi connectivity index (χ2v) is 5.22. The topological polar surface area (TPSA) is 31.4 Å². The van der Waals surface area contributed by atoms with Crippen LogP contribution in [0.3, 0.4) is 0 Å². The molecular weight excluding hydrogens is 197 g/mol. The average molecular weight is 211 g/mol. The highest BCUT2D eigenvalue weighted by Gasteiger charge is 2.52. The normalized spacial score (nSPS) is 24.1. The van der Waals surface area contributed by atoms with Crippen molar-refractivity contribution in [2.24, 2.45) is 0 Å². The van der Waals surface area contributed by atoms with Gasteiger partial charge in [0.2, 0.25) is 0 Å². The highest BCUT2D eigenvalue weighted by molar-refractivity contribution is 7.08. The van der Waals surface area contributed by atoms with Gasteiger partial charge >= 0.3 is 7.12 Å². The first-order chi connectivity index (χ1) is 6.42. The van der Waals surface area contributed by atoms with Crippen molar-refractivity contribution >= 4 is 24.0 Å². The smallest absolute Gasteiger partial charge is 0.398 e. The van der Waals surface area contributed by atoms with Gasteiger partial charge in [0.1, 0.15) is 0 Å². The predicted octanol–water partition coefficient (Wildman–Crippen LogP) is 1.44. The van der Waals surface area contributed by atoms with Crippen LogP contribution in [0.1, 0.15) is 27.7 Å². The van der Waals surface area contributed by atoms with E-state index in [1.54, 1.807) is 16.8 Å². The van der Waals surface area contributed by atoms with Crippen molar-refractivity contribution in [3.8, 4) is 0 Å². The Bertz CT molecular complexity index is 308. The van der Waals surface area contributed by atoms with Gasteiger partial charge in [-0.1, -0.05) is 0 Å². The van der Waals surface area contributed by atoms with Crippen molar-refractivity contribution in [2.45, 2.75) is 38.9 Å². The van der Waals surface area contributed by atoms with E-state index in [4.69, 9.17) is 9.31 Å². The molecule has 0 N–H and O–H groups in total. The molecule has 5 heteroatoms. The molecule has 0 amide bonds. The van der Waals surface area contributed by atoms with E-state index in [1.165, 1.54) is 0 Å². The van der Waals surface area contributed by atoms with Crippen LogP contribution in [0.2, 0.25) is 0 Å². The minimum atomic E-state index is -0.314. The van der Waals surface area contributed by atoms with Gasteiger partial charge in [0.25, 0.3) is 0 Å². The summed E-state index contributed by atoms with van der Waals surface area (Å²) in [4.78, 5) is 4.20. The maximum atomic E-state index is 5.83. The SMILES string of the molecule is CC1(C)OB(c2cscn2)OC1(C)C. The van der Waals surface area contributed by atoms with E-state index >= 15 is 0 Å². The van der Waals surface area contributed by atoms with Crippen LogP contribution in [0.4, 0.5) is 0 Å². The Balaban J connectivity index is 2.22. The summed E-state index contributed by atoms with van der Waals surface area (Å²) in [6.07, 6.45) is 0. The molecule has 1 aliphatic heterocycles. The summed E-state index contributed by atoms with van der Waals surface area (Å²) in [6, 6.07) is 0. The number of aromatic nitrogens is 1. The zero-order valence-electron chi connectivity index (χ0n) is 8.90. The standard InChI is InChI=1S/C9H14BNO2S/c1-8(2)9(3,4)13-10(12-8)7-5-14-6-11-7/h5-6H,1-4H3. The van der Waals surface area contributed by atoms with Crippen LogP contribution in [-0.4, -0.2) is 23.3 Å². The Morgan fingerprint density at radius 3 is 2.21 bits per heavy atom. The van der Waals surface area contributed by atoms with Gasteiger partial charge in [-0.3, -0.25) is 4.98 Å². The van der Waals surface area contributed by atoms with Crippen LogP contribution < -0.4 is 5.59 Å². The third kappa shape index (κ3) is 1.49. The number of nitrogens with zero attached hydrogens (tertiary/aromatic N) is 1. The molecule has 0 bridgehead atoms. The van der Waals surface area contributed by atoms with Gasteiger partial charge in [0, 0.05) is 5.38 Å². The molecule has 0 aromatic carbocycles. The van der Waals surface area contributed by atoms with Gasteiger partial charge in [-0.05, 0) is 27.7 Å². The molecule has 0 atom stereocenters. The van der Waals surface area contributed by atoms with Gasteiger partial charge in [0.05, 0.1) is 22.3 Å². The molecule has 2 rings (SSSR count). The van der Waals surface area contributed by atoms with Gasteiger partial charge in [-0.15, -0.1) is 11.3 Å². The zero-order chi connectivity index (χ0) is 10.4. The van der Waals surface area contributed by atoms with Gasteiger partial charge in [-0.2, -0.15) is 0 Å². The van der Waals surface area contributed by atoms with Crippen molar-refractivity contribution in [3.63, 3.8) is 0 Å². The van der Waals surface area contributed by atoms with E-state index in [9.17, 15) is 0 Å². The van der Waals surface area contributed by atoms with E-state index in [-0.39, 0.29) is 18.3 Å². The molecule has 1 aliphatic rings. The molecule has 0 spiro atoms. The molecule has 0 aliphatic carbocycles. The van der Waals surface area contributed by atoms with Crippen LogP contribution >= 0.6 is 11.3 Å². The van der Waals surface area contributed by atoms with Crippen LogP contribution in [0, 0.1) is 0 Å². The lowest BCUT2D eigenvalue weighted by atomic mass is 9.86. The largest absolute Gasteiger partial charge is 0.515 e. The molecule has 0 saturated carbocycles. The molecule has 14 heavy (non-hydrogen) atoms. The molecule has 0 radical (unpaired) electrons. The van der Waals surface area contributed by atoms with Gasteiger partial charge in [0.15, 0.2) is 0 Å². The number of hydrogen-bond acceptors (Lipinski definition) is 4. The molecule has 0 unspecified atom stereocenters. The van der Waals surface area contributed by atoms with E-state index in [0.717, 1.165) is 5.59 Å². The zero-order valence-corrected chi connectivity index (χ0v) is 9.72. The van der Waals surface area contributed by atoms with Crippen LogP contribution in [0.5, 0.6) is 0 Å². The van der Waals surface area contributed by atoms with E-state index in [2.05, 4.69) is 4.98 Å². The van der Waals surface area contributed by atoms with Crippen LogP contribution in [0.15, 0.2) is 10.9 Å². The molecule has 1 aromatic rings. The van der Waals surface area contributed by atoms with Gasteiger partial charge < -0.3 is 9.31 Å². The molecule has 1 aromatic heterocycles. The molecule has 3 nitrogen and oxygen atoms in total. The molecule has 76 valence electrons.